The predicted molar refractivity (Wildman–Crippen MR) is 93.7 cm³/mol. The summed E-state index contributed by atoms with van der Waals surface area (Å²) in [4.78, 5) is 12.5. The van der Waals surface area contributed by atoms with E-state index in [0.717, 1.165) is 35.8 Å². The van der Waals surface area contributed by atoms with E-state index >= 15 is 0 Å². The molecule has 0 aliphatic heterocycles. The molecule has 1 rings (SSSR count). The van der Waals surface area contributed by atoms with E-state index in [1.165, 1.54) is 12.8 Å². The molecule has 0 aromatic heterocycles. The second-order valence-corrected chi connectivity index (χ2v) is 8.43. The number of carbonyl (C=O) groups excluding carboxylic acids is 1. The molecule has 1 amide bonds. The van der Waals surface area contributed by atoms with Crippen molar-refractivity contribution in [3.8, 4) is 0 Å². The van der Waals surface area contributed by atoms with Gasteiger partial charge in [0.2, 0.25) is 5.91 Å². The van der Waals surface area contributed by atoms with Crippen LogP contribution in [0.5, 0.6) is 0 Å². The Hall–Kier alpha value is 0.430. The van der Waals surface area contributed by atoms with Gasteiger partial charge in [-0.1, -0.05) is 59.6 Å². The minimum Gasteiger partial charge on any atom is -0.349 e. The van der Waals surface area contributed by atoms with Gasteiger partial charge in [-0.25, -0.2) is 0 Å². The van der Waals surface area contributed by atoms with E-state index < -0.39 is 0 Å². The summed E-state index contributed by atoms with van der Waals surface area (Å²) in [6, 6.07) is 0. The van der Waals surface area contributed by atoms with Crippen molar-refractivity contribution in [1.29, 1.82) is 0 Å². The van der Waals surface area contributed by atoms with Crippen molar-refractivity contribution in [2.24, 2.45) is 17.3 Å². The molecule has 0 bridgehead atoms. The van der Waals surface area contributed by atoms with E-state index in [0.29, 0.717) is 5.41 Å². The lowest BCUT2D eigenvalue weighted by Gasteiger charge is -2.38. The van der Waals surface area contributed by atoms with Crippen LogP contribution in [0.25, 0.3) is 0 Å². The van der Waals surface area contributed by atoms with E-state index in [4.69, 9.17) is 0 Å². The number of carbonyl (C=O) groups is 1. The summed E-state index contributed by atoms with van der Waals surface area (Å²) in [6.45, 7) is 9.07. The Morgan fingerprint density at radius 1 is 1.10 bits per heavy atom. The SMILES string of the molecule is CCC(CBr)(CBr)NC(=O)C1CCC(C(C)(C)C)CC1. The number of alkyl halides is 2. The molecule has 0 spiro atoms. The first kappa shape index (κ1) is 18.5. The fourth-order valence-electron chi connectivity index (χ4n) is 2.96. The molecule has 1 fully saturated rings. The van der Waals surface area contributed by atoms with Gasteiger partial charge >= 0.3 is 0 Å². The first-order valence-electron chi connectivity index (χ1n) is 7.72. The molecule has 0 saturated heterocycles. The molecule has 4 heteroatoms. The highest BCUT2D eigenvalue weighted by molar-refractivity contribution is 9.09. The van der Waals surface area contributed by atoms with E-state index in [1.54, 1.807) is 0 Å². The maximum absolute atomic E-state index is 12.5. The van der Waals surface area contributed by atoms with Crippen LogP contribution in [0.2, 0.25) is 0 Å². The normalized spacial score (nSPS) is 24.5. The van der Waals surface area contributed by atoms with Gasteiger partial charge in [0.15, 0.2) is 0 Å². The van der Waals surface area contributed by atoms with Gasteiger partial charge in [0.25, 0.3) is 0 Å². The minimum absolute atomic E-state index is 0.141. The molecular formula is C16H29Br2NO. The van der Waals surface area contributed by atoms with E-state index in [9.17, 15) is 4.79 Å². The minimum atomic E-state index is -0.141. The third-order valence-corrected chi connectivity index (χ3v) is 7.05. The van der Waals surface area contributed by atoms with Crippen LogP contribution in [0.4, 0.5) is 0 Å². The number of halogens is 2. The highest BCUT2D eigenvalue weighted by Gasteiger charge is 2.35. The van der Waals surface area contributed by atoms with Crippen molar-refractivity contribution in [2.75, 3.05) is 10.7 Å². The van der Waals surface area contributed by atoms with Crippen molar-refractivity contribution in [2.45, 2.75) is 65.3 Å². The number of rotatable bonds is 5. The zero-order valence-electron chi connectivity index (χ0n) is 13.3. The lowest BCUT2D eigenvalue weighted by molar-refractivity contribution is -0.128. The highest BCUT2D eigenvalue weighted by atomic mass is 79.9. The Labute approximate surface area is 141 Å². The number of nitrogens with one attached hydrogen (secondary N) is 1. The molecule has 0 radical (unpaired) electrons. The smallest absolute Gasteiger partial charge is 0.223 e. The summed E-state index contributed by atoms with van der Waals surface area (Å²) < 4.78 is 0. The molecule has 0 atom stereocenters. The number of hydrogen-bond donors (Lipinski definition) is 1. The van der Waals surface area contributed by atoms with Gasteiger partial charge in [0.05, 0.1) is 5.54 Å². The molecule has 118 valence electrons. The molecule has 2 nitrogen and oxygen atoms in total. The second kappa shape index (κ2) is 7.62. The molecule has 20 heavy (non-hydrogen) atoms. The van der Waals surface area contributed by atoms with Crippen LogP contribution in [0, 0.1) is 17.3 Å². The third-order valence-electron chi connectivity index (χ3n) is 4.90. The molecule has 1 saturated carbocycles. The van der Waals surface area contributed by atoms with E-state index in [1.807, 2.05) is 0 Å². The van der Waals surface area contributed by atoms with Crippen molar-refractivity contribution in [3.63, 3.8) is 0 Å². The summed E-state index contributed by atoms with van der Waals surface area (Å²) in [7, 11) is 0. The maximum Gasteiger partial charge on any atom is 0.223 e. The van der Waals surface area contributed by atoms with Crippen molar-refractivity contribution >= 4 is 37.8 Å². The number of amides is 1. The summed E-state index contributed by atoms with van der Waals surface area (Å²) >= 11 is 7.07. The average Bonchev–Trinajstić information content (AvgIpc) is 2.44. The summed E-state index contributed by atoms with van der Waals surface area (Å²) in [5.74, 6) is 1.21. The summed E-state index contributed by atoms with van der Waals surface area (Å²) in [5.41, 5.74) is 0.234. The van der Waals surface area contributed by atoms with E-state index in [2.05, 4.69) is 64.9 Å². The zero-order chi connectivity index (χ0) is 15.4. The van der Waals surface area contributed by atoms with Gasteiger partial charge in [-0.3, -0.25) is 4.79 Å². The van der Waals surface area contributed by atoms with Crippen LogP contribution in [-0.4, -0.2) is 22.1 Å². The van der Waals surface area contributed by atoms with Crippen LogP contribution in [-0.2, 0) is 4.79 Å². The largest absolute Gasteiger partial charge is 0.349 e. The van der Waals surface area contributed by atoms with Crippen LogP contribution in [0.3, 0.4) is 0 Å². The summed E-state index contributed by atoms with van der Waals surface area (Å²) in [5, 5.41) is 4.86. The van der Waals surface area contributed by atoms with Crippen LogP contribution in [0.1, 0.15) is 59.8 Å². The molecular weight excluding hydrogens is 382 g/mol. The van der Waals surface area contributed by atoms with Gasteiger partial charge in [0, 0.05) is 16.6 Å². The second-order valence-electron chi connectivity index (χ2n) is 7.30. The van der Waals surface area contributed by atoms with Crippen LogP contribution >= 0.6 is 31.9 Å². The van der Waals surface area contributed by atoms with Crippen LogP contribution < -0.4 is 5.32 Å². The lowest BCUT2D eigenvalue weighted by atomic mass is 9.69. The Bertz CT molecular complexity index is 305. The van der Waals surface area contributed by atoms with Crippen molar-refractivity contribution in [1.82, 2.24) is 5.32 Å². The first-order chi connectivity index (χ1) is 9.28. The Balaban J connectivity index is 2.55. The molecule has 0 unspecified atom stereocenters. The van der Waals surface area contributed by atoms with E-state index in [-0.39, 0.29) is 17.4 Å². The number of hydrogen-bond acceptors (Lipinski definition) is 1. The Kier molecular flexibility index (Phi) is 7.04. The first-order valence-corrected chi connectivity index (χ1v) is 9.96. The highest BCUT2D eigenvalue weighted by Crippen LogP contribution is 2.40. The Morgan fingerprint density at radius 2 is 1.60 bits per heavy atom. The van der Waals surface area contributed by atoms with Crippen LogP contribution in [0.15, 0.2) is 0 Å². The van der Waals surface area contributed by atoms with Crippen molar-refractivity contribution < 1.29 is 4.79 Å². The average molecular weight is 411 g/mol. The summed E-state index contributed by atoms with van der Waals surface area (Å²) in [6.07, 6.45) is 5.38. The predicted octanol–water partition coefficient (Wildman–Crippen LogP) is 4.89. The van der Waals surface area contributed by atoms with Gasteiger partial charge in [0.1, 0.15) is 0 Å². The zero-order valence-corrected chi connectivity index (χ0v) is 16.4. The molecule has 0 aromatic carbocycles. The standard InChI is InChI=1S/C16H29Br2NO/c1-5-16(10-17,11-18)19-14(20)12-6-8-13(9-7-12)15(2,3)4/h12-13H,5-11H2,1-4H3,(H,19,20). The quantitative estimate of drug-likeness (QED) is 0.642. The topological polar surface area (TPSA) is 29.1 Å². The fourth-order valence-corrected chi connectivity index (χ4v) is 4.97. The van der Waals surface area contributed by atoms with Gasteiger partial charge < -0.3 is 5.32 Å². The molecule has 0 heterocycles. The molecule has 1 N–H and O–H groups in total. The van der Waals surface area contributed by atoms with Gasteiger partial charge in [-0.2, -0.15) is 0 Å². The maximum atomic E-state index is 12.5. The third kappa shape index (κ3) is 4.72. The van der Waals surface area contributed by atoms with Gasteiger partial charge in [-0.15, -0.1) is 0 Å². The molecule has 1 aliphatic carbocycles. The lowest BCUT2D eigenvalue weighted by Crippen LogP contribution is -2.53. The fraction of sp³-hybridized carbons (Fsp3) is 0.938. The monoisotopic (exact) mass is 409 g/mol. The van der Waals surface area contributed by atoms with Crippen molar-refractivity contribution in [3.05, 3.63) is 0 Å². The molecule has 1 aliphatic rings. The molecule has 0 aromatic rings. The van der Waals surface area contributed by atoms with Gasteiger partial charge in [-0.05, 0) is 43.4 Å². The Morgan fingerprint density at radius 3 is 1.95 bits per heavy atom.